The number of amides is 2. The van der Waals surface area contributed by atoms with Gasteiger partial charge in [0, 0.05) is 11.7 Å². The number of carbonyl (C=O) groups is 1. The maximum absolute atomic E-state index is 13.6. The first-order valence-corrected chi connectivity index (χ1v) is 10.7. The van der Waals surface area contributed by atoms with Crippen LogP contribution in [0.4, 0.5) is 16.2 Å². The predicted octanol–water partition coefficient (Wildman–Crippen LogP) is 6.74. The Kier molecular flexibility index (Phi) is 6.83. The molecule has 0 spiro atoms. The van der Waals surface area contributed by atoms with Crippen molar-refractivity contribution in [1.29, 1.82) is 0 Å². The Bertz CT molecular complexity index is 838. The fraction of sp³-hybridized carbons (Fsp3) is 0.480. The van der Waals surface area contributed by atoms with Crippen molar-refractivity contribution in [2.24, 2.45) is 5.92 Å². The standard InChI is InChI=1S/C25H34N2O2/c1-17(2)21-8-6-7-9-23(21)27(20-13-10-18(3)11-14-20)25(28)26-22-15-12-19(4)16-24(22)29-5/h6-9,12,15-18,20H,10-11,13-14H2,1-5H3,(H,26,28). The van der Waals surface area contributed by atoms with Crippen molar-refractivity contribution < 1.29 is 9.53 Å². The number of ether oxygens (including phenoxy) is 1. The van der Waals surface area contributed by atoms with Gasteiger partial charge in [0.2, 0.25) is 0 Å². The summed E-state index contributed by atoms with van der Waals surface area (Å²) < 4.78 is 5.50. The number of nitrogens with one attached hydrogen (secondary N) is 1. The highest BCUT2D eigenvalue weighted by atomic mass is 16.5. The maximum Gasteiger partial charge on any atom is 0.326 e. The smallest absolute Gasteiger partial charge is 0.326 e. The van der Waals surface area contributed by atoms with E-state index < -0.39 is 0 Å². The molecule has 0 radical (unpaired) electrons. The number of hydrogen-bond acceptors (Lipinski definition) is 2. The van der Waals surface area contributed by atoms with Crippen LogP contribution in [0.2, 0.25) is 0 Å². The molecule has 0 bridgehead atoms. The first-order valence-electron chi connectivity index (χ1n) is 10.7. The number of rotatable bonds is 5. The molecule has 0 heterocycles. The quantitative estimate of drug-likeness (QED) is 0.610. The minimum atomic E-state index is -0.0835. The average Bonchev–Trinajstić information content (AvgIpc) is 2.71. The summed E-state index contributed by atoms with van der Waals surface area (Å²) in [5.41, 5.74) is 4.03. The van der Waals surface area contributed by atoms with E-state index >= 15 is 0 Å². The van der Waals surface area contributed by atoms with E-state index in [0.717, 1.165) is 42.9 Å². The van der Waals surface area contributed by atoms with Crippen molar-refractivity contribution in [2.45, 2.75) is 65.3 Å². The lowest BCUT2D eigenvalue weighted by Crippen LogP contribution is -2.45. The third-order valence-electron chi connectivity index (χ3n) is 5.99. The SMILES string of the molecule is COc1cc(C)ccc1NC(=O)N(c1ccccc1C(C)C)C1CCC(C)CC1. The van der Waals surface area contributed by atoms with Crippen molar-refractivity contribution >= 4 is 17.4 Å². The van der Waals surface area contributed by atoms with Gasteiger partial charge in [0.25, 0.3) is 0 Å². The van der Waals surface area contributed by atoms with Crippen LogP contribution in [0.1, 0.15) is 63.5 Å². The fourth-order valence-electron chi connectivity index (χ4n) is 4.24. The number of anilines is 2. The molecule has 0 unspecified atom stereocenters. The lowest BCUT2D eigenvalue weighted by molar-refractivity contribution is 0.249. The van der Waals surface area contributed by atoms with Crippen molar-refractivity contribution in [3.63, 3.8) is 0 Å². The van der Waals surface area contributed by atoms with E-state index in [-0.39, 0.29) is 12.1 Å². The van der Waals surface area contributed by atoms with Crippen molar-refractivity contribution in [1.82, 2.24) is 0 Å². The van der Waals surface area contributed by atoms with E-state index in [1.54, 1.807) is 7.11 Å². The van der Waals surface area contributed by atoms with Gasteiger partial charge in [-0.3, -0.25) is 4.90 Å². The molecular weight excluding hydrogens is 360 g/mol. The monoisotopic (exact) mass is 394 g/mol. The number of nitrogens with zero attached hydrogens (tertiary/aromatic N) is 1. The molecule has 1 N–H and O–H groups in total. The minimum absolute atomic E-state index is 0.0835. The normalized spacial score (nSPS) is 19.1. The van der Waals surface area contributed by atoms with Crippen LogP contribution in [0.5, 0.6) is 5.75 Å². The van der Waals surface area contributed by atoms with Crippen LogP contribution in [0, 0.1) is 12.8 Å². The molecule has 4 nitrogen and oxygen atoms in total. The third-order valence-corrected chi connectivity index (χ3v) is 5.99. The first-order chi connectivity index (χ1) is 13.9. The van der Waals surface area contributed by atoms with Crippen LogP contribution < -0.4 is 15.0 Å². The van der Waals surface area contributed by atoms with Crippen LogP contribution in [0.3, 0.4) is 0 Å². The van der Waals surface area contributed by atoms with Crippen LogP contribution >= 0.6 is 0 Å². The van der Waals surface area contributed by atoms with E-state index in [1.165, 1.54) is 5.56 Å². The molecule has 29 heavy (non-hydrogen) atoms. The highest BCUT2D eigenvalue weighted by Crippen LogP contribution is 2.35. The van der Waals surface area contributed by atoms with Gasteiger partial charge in [-0.2, -0.15) is 0 Å². The topological polar surface area (TPSA) is 41.6 Å². The minimum Gasteiger partial charge on any atom is -0.495 e. The lowest BCUT2D eigenvalue weighted by Gasteiger charge is -2.37. The summed E-state index contributed by atoms with van der Waals surface area (Å²) in [6.07, 6.45) is 4.39. The average molecular weight is 395 g/mol. The van der Waals surface area contributed by atoms with Gasteiger partial charge < -0.3 is 10.1 Å². The molecular formula is C25H34N2O2. The Hall–Kier alpha value is -2.49. The molecule has 0 atom stereocenters. The number of hydrogen-bond donors (Lipinski definition) is 1. The highest BCUT2D eigenvalue weighted by molar-refractivity contribution is 6.03. The molecule has 0 aromatic heterocycles. The van der Waals surface area contributed by atoms with Crippen LogP contribution in [-0.2, 0) is 0 Å². The van der Waals surface area contributed by atoms with E-state index in [4.69, 9.17) is 4.74 Å². The van der Waals surface area contributed by atoms with Crippen molar-refractivity contribution in [3.05, 3.63) is 53.6 Å². The second kappa shape index (κ2) is 9.34. The van der Waals surface area contributed by atoms with E-state index in [2.05, 4.69) is 44.3 Å². The molecule has 0 aliphatic heterocycles. The fourth-order valence-corrected chi connectivity index (χ4v) is 4.24. The zero-order valence-electron chi connectivity index (χ0n) is 18.4. The van der Waals surface area contributed by atoms with Gasteiger partial charge in [0.05, 0.1) is 12.8 Å². The summed E-state index contributed by atoms with van der Waals surface area (Å²) in [5, 5.41) is 3.12. The second-order valence-corrected chi connectivity index (χ2v) is 8.63. The van der Waals surface area contributed by atoms with Gasteiger partial charge in [-0.25, -0.2) is 4.79 Å². The Labute approximate surface area is 175 Å². The number of carbonyl (C=O) groups excluding carboxylic acids is 1. The molecule has 4 heteroatoms. The number of methoxy groups -OCH3 is 1. The summed E-state index contributed by atoms with van der Waals surface area (Å²) in [7, 11) is 1.64. The maximum atomic E-state index is 13.6. The van der Waals surface area contributed by atoms with Crippen molar-refractivity contribution in [3.8, 4) is 5.75 Å². The van der Waals surface area contributed by atoms with E-state index in [1.807, 2.05) is 36.1 Å². The Morgan fingerprint density at radius 1 is 1.10 bits per heavy atom. The number of benzene rings is 2. The van der Waals surface area contributed by atoms with Gasteiger partial charge in [-0.1, -0.05) is 45.0 Å². The summed E-state index contributed by atoms with van der Waals surface area (Å²) in [5.74, 6) is 1.76. The third kappa shape index (κ3) is 4.92. The molecule has 3 rings (SSSR count). The summed E-state index contributed by atoms with van der Waals surface area (Å²) in [6.45, 7) is 8.68. The molecule has 156 valence electrons. The Morgan fingerprint density at radius 2 is 1.79 bits per heavy atom. The van der Waals surface area contributed by atoms with Gasteiger partial charge in [-0.05, 0) is 73.8 Å². The molecule has 1 aliphatic carbocycles. The van der Waals surface area contributed by atoms with E-state index in [0.29, 0.717) is 17.4 Å². The molecule has 1 saturated carbocycles. The molecule has 2 amide bonds. The van der Waals surface area contributed by atoms with Crippen LogP contribution in [0.15, 0.2) is 42.5 Å². The number of urea groups is 1. The van der Waals surface area contributed by atoms with Gasteiger partial charge in [0.1, 0.15) is 5.75 Å². The largest absolute Gasteiger partial charge is 0.495 e. The summed E-state index contributed by atoms with van der Waals surface area (Å²) in [4.78, 5) is 15.6. The van der Waals surface area contributed by atoms with Crippen molar-refractivity contribution in [2.75, 3.05) is 17.3 Å². The molecule has 1 fully saturated rings. The Morgan fingerprint density at radius 3 is 2.45 bits per heavy atom. The zero-order chi connectivity index (χ0) is 21.0. The molecule has 0 saturated heterocycles. The second-order valence-electron chi connectivity index (χ2n) is 8.63. The number of para-hydroxylation sites is 1. The van der Waals surface area contributed by atoms with Gasteiger partial charge in [0.15, 0.2) is 0 Å². The molecule has 2 aromatic carbocycles. The zero-order valence-corrected chi connectivity index (χ0v) is 18.4. The highest BCUT2D eigenvalue weighted by Gasteiger charge is 2.31. The van der Waals surface area contributed by atoms with E-state index in [9.17, 15) is 4.79 Å². The first kappa shape index (κ1) is 21.2. The molecule has 2 aromatic rings. The number of aryl methyl sites for hydroxylation is 1. The van der Waals surface area contributed by atoms with Crippen LogP contribution in [-0.4, -0.2) is 19.2 Å². The summed E-state index contributed by atoms with van der Waals surface area (Å²) >= 11 is 0. The predicted molar refractivity (Wildman–Crippen MR) is 121 cm³/mol. The Balaban J connectivity index is 1.96. The van der Waals surface area contributed by atoms with Gasteiger partial charge in [-0.15, -0.1) is 0 Å². The van der Waals surface area contributed by atoms with Gasteiger partial charge >= 0.3 is 6.03 Å². The lowest BCUT2D eigenvalue weighted by atomic mass is 9.86. The summed E-state index contributed by atoms with van der Waals surface area (Å²) in [6, 6.07) is 14.3. The molecule has 1 aliphatic rings. The van der Waals surface area contributed by atoms with Crippen LogP contribution in [0.25, 0.3) is 0 Å².